The summed E-state index contributed by atoms with van der Waals surface area (Å²) in [5, 5.41) is 0. The molecule has 0 atom stereocenters. The molecule has 0 amide bonds. The van der Waals surface area contributed by atoms with E-state index in [9.17, 15) is 4.79 Å². The molecule has 0 saturated heterocycles. The lowest BCUT2D eigenvalue weighted by Crippen LogP contribution is -1.87. The molecular formula is C7H12O2. The van der Waals surface area contributed by atoms with Gasteiger partial charge in [-0.2, -0.15) is 0 Å². The quantitative estimate of drug-likeness (QED) is 0.325. The van der Waals surface area contributed by atoms with Crippen LogP contribution in [0.3, 0.4) is 0 Å². The van der Waals surface area contributed by atoms with Gasteiger partial charge in [0.15, 0.2) is 0 Å². The highest BCUT2D eigenvalue weighted by Gasteiger charge is 1.81. The summed E-state index contributed by atoms with van der Waals surface area (Å²) in [7, 11) is 0. The lowest BCUT2D eigenvalue weighted by Gasteiger charge is -1.92. The van der Waals surface area contributed by atoms with Gasteiger partial charge in [0.2, 0.25) is 0 Å². The molecule has 0 spiro atoms. The van der Waals surface area contributed by atoms with Crippen LogP contribution in [0.25, 0.3) is 0 Å². The molecule has 9 heavy (non-hydrogen) atoms. The minimum absolute atomic E-state index is 0.391. The van der Waals surface area contributed by atoms with Gasteiger partial charge in [-0.05, 0) is 5.92 Å². The average molecular weight is 128 g/mol. The van der Waals surface area contributed by atoms with Gasteiger partial charge in [0, 0.05) is 0 Å². The van der Waals surface area contributed by atoms with Crippen LogP contribution in [0.15, 0.2) is 12.2 Å². The zero-order valence-electron chi connectivity index (χ0n) is 5.83. The first-order valence-electron chi connectivity index (χ1n) is 2.99. The third-order valence-electron chi connectivity index (χ3n) is 0.781. The fourth-order valence-electron chi connectivity index (χ4n) is 0.423. The predicted molar refractivity (Wildman–Crippen MR) is 36.0 cm³/mol. The van der Waals surface area contributed by atoms with E-state index >= 15 is 0 Å². The number of hydrogen-bond donors (Lipinski definition) is 0. The fourth-order valence-corrected chi connectivity index (χ4v) is 0.423. The van der Waals surface area contributed by atoms with Crippen molar-refractivity contribution >= 4 is 6.47 Å². The van der Waals surface area contributed by atoms with Crippen molar-refractivity contribution in [2.24, 2.45) is 5.92 Å². The second-order valence-corrected chi connectivity index (χ2v) is 2.10. The largest absolute Gasteiger partial charge is 0.464 e. The minimum Gasteiger partial charge on any atom is -0.464 e. The molecule has 0 aliphatic rings. The fraction of sp³-hybridized carbons (Fsp3) is 0.571. The molecule has 52 valence electrons. The Balaban J connectivity index is 3.14. The summed E-state index contributed by atoms with van der Waals surface area (Å²) < 4.78 is 4.42. The highest BCUT2D eigenvalue weighted by atomic mass is 16.5. The van der Waals surface area contributed by atoms with Crippen LogP contribution < -0.4 is 0 Å². The molecule has 0 radical (unpaired) electrons. The third kappa shape index (κ3) is 7.21. The molecule has 0 aromatic carbocycles. The molecular weight excluding hydrogens is 116 g/mol. The van der Waals surface area contributed by atoms with E-state index in [2.05, 4.69) is 18.6 Å². The number of allylic oxidation sites excluding steroid dienone is 1. The topological polar surface area (TPSA) is 26.3 Å². The Morgan fingerprint density at radius 3 is 2.67 bits per heavy atom. The van der Waals surface area contributed by atoms with E-state index in [0.717, 1.165) is 0 Å². The zero-order valence-corrected chi connectivity index (χ0v) is 5.83. The van der Waals surface area contributed by atoms with Crippen molar-refractivity contribution in [3.05, 3.63) is 12.2 Å². The normalized spacial score (nSPS) is 10.6. The van der Waals surface area contributed by atoms with E-state index in [4.69, 9.17) is 0 Å². The van der Waals surface area contributed by atoms with E-state index in [0.29, 0.717) is 19.0 Å². The van der Waals surface area contributed by atoms with Crippen LogP contribution in [-0.4, -0.2) is 13.1 Å². The summed E-state index contributed by atoms with van der Waals surface area (Å²) in [5.41, 5.74) is 0. The van der Waals surface area contributed by atoms with Crippen molar-refractivity contribution in [2.75, 3.05) is 6.61 Å². The summed E-state index contributed by atoms with van der Waals surface area (Å²) >= 11 is 0. The molecule has 0 bridgehead atoms. The molecule has 0 aromatic heterocycles. The molecule has 0 saturated carbocycles. The molecule has 0 heterocycles. The maximum atomic E-state index is 9.59. The highest BCUT2D eigenvalue weighted by molar-refractivity contribution is 5.37. The molecule has 0 aromatic rings. The lowest BCUT2D eigenvalue weighted by molar-refractivity contribution is -0.127. The summed E-state index contributed by atoms with van der Waals surface area (Å²) in [6.45, 7) is 4.97. The third-order valence-corrected chi connectivity index (χ3v) is 0.781. The lowest BCUT2D eigenvalue weighted by atomic mass is 10.2. The Morgan fingerprint density at radius 2 is 2.22 bits per heavy atom. The molecule has 0 aliphatic carbocycles. The Bertz CT molecular complexity index is 95.1. The van der Waals surface area contributed by atoms with Gasteiger partial charge in [0.1, 0.15) is 6.61 Å². The van der Waals surface area contributed by atoms with Gasteiger partial charge < -0.3 is 4.74 Å². The van der Waals surface area contributed by atoms with Crippen molar-refractivity contribution in [3.63, 3.8) is 0 Å². The number of hydrogen-bond acceptors (Lipinski definition) is 2. The van der Waals surface area contributed by atoms with Gasteiger partial charge in [0.05, 0.1) is 0 Å². The van der Waals surface area contributed by atoms with Crippen LogP contribution in [0.4, 0.5) is 0 Å². The summed E-state index contributed by atoms with van der Waals surface area (Å²) in [6, 6.07) is 0. The van der Waals surface area contributed by atoms with E-state index in [-0.39, 0.29) is 0 Å². The molecule has 0 aliphatic heterocycles. The summed E-state index contributed by atoms with van der Waals surface area (Å²) in [5.74, 6) is 0.528. The van der Waals surface area contributed by atoms with Gasteiger partial charge in [-0.1, -0.05) is 26.0 Å². The van der Waals surface area contributed by atoms with Crippen LogP contribution in [0.2, 0.25) is 0 Å². The van der Waals surface area contributed by atoms with Gasteiger partial charge >= 0.3 is 0 Å². The van der Waals surface area contributed by atoms with Crippen LogP contribution in [0, 0.1) is 5.92 Å². The number of carbonyl (C=O) groups excluding carboxylic acids is 1. The maximum Gasteiger partial charge on any atom is 0.293 e. The molecule has 2 heteroatoms. The van der Waals surface area contributed by atoms with Gasteiger partial charge in [-0.15, -0.1) is 0 Å². The molecule has 2 nitrogen and oxygen atoms in total. The Hall–Kier alpha value is -0.790. The van der Waals surface area contributed by atoms with Crippen molar-refractivity contribution in [1.29, 1.82) is 0 Å². The Morgan fingerprint density at radius 1 is 1.56 bits per heavy atom. The second kappa shape index (κ2) is 5.35. The first-order valence-corrected chi connectivity index (χ1v) is 2.99. The highest BCUT2D eigenvalue weighted by Crippen LogP contribution is 1.91. The Labute approximate surface area is 55.5 Å². The van der Waals surface area contributed by atoms with Gasteiger partial charge in [-0.25, -0.2) is 0 Å². The van der Waals surface area contributed by atoms with Crippen molar-refractivity contribution in [1.82, 2.24) is 0 Å². The van der Waals surface area contributed by atoms with Crippen LogP contribution in [0.1, 0.15) is 13.8 Å². The van der Waals surface area contributed by atoms with Crippen molar-refractivity contribution in [3.8, 4) is 0 Å². The van der Waals surface area contributed by atoms with Crippen molar-refractivity contribution in [2.45, 2.75) is 13.8 Å². The molecule has 0 N–H and O–H groups in total. The van der Waals surface area contributed by atoms with E-state index < -0.39 is 0 Å². The average Bonchev–Trinajstić information content (AvgIpc) is 1.80. The molecule has 0 unspecified atom stereocenters. The summed E-state index contributed by atoms with van der Waals surface area (Å²) in [6.07, 6.45) is 3.82. The first kappa shape index (κ1) is 8.21. The van der Waals surface area contributed by atoms with Gasteiger partial charge in [0.25, 0.3) is 6.47 Å². The SMILES string of the molecule is CC(C)/C=C/COC=O. The van der Waals surface area contributed by atoms with E-state index in [1.807, 2.05) is 12.2 Å². The second-order valence-electron chi connectivity index (χ2n) is 2.10. The molecule has 0 fully saturated rings. The number of carbonyl (C=O) groups is 1. The van der Waals surface area contributed by atoms with E-state index in [1.54, 1.807) is 0 Å². The van der Waals surface area contributed by atoms with Crippen molar-refractivity contribution < 1.29 is 9.53 Å². The first-order chi connectivity index (χ1) is 4.27. The van der Waals surface area contributed by atoms with Gasteiger partial charge in [-0.3, -0.25) is 4.79 Å². The van der Waals surface area contributed by atoms with Crippen LogP contribution in [-0.2, 0) is 9.53 Å². The van der Waals surface area contributed by atoms with Crippen LogP contribution >= 0.6 is 0 Å². The summed E-state index contributed by atoms with van der Waals surface area (Å²) in [4.78, 5) is 9.59. The number of ether oxygens (including phenoxy) is 1. The Kier molecular flexibility index (Phi) is 4.88. The zero-order chi connectivity index (χ0) is 7.11. The van der Waals surface area contributed by atoms with Crippen LogP contribution in [0.5, 0.6) is 0 Å². The standard InChI is InChI=1S/C7H12O2/c1-7(2)4-3-5-9-6-8/h3-4,6-7H,5H2,1-2H3/b4-3+. The maximum absolute atomic E-state index is 9.59. The molecule has 0 rings (SSSR count). The number of rotatable bonds is 4. The monoisotopic (exact) mass is 128 g/mol. The minimum atomic E-state index is 0.391. The van der Waals surface area contributed by atoms with E-state index in [1.165, 1.54) is 0 Å². The smallest absolute Gasteiger partial charge is 0.293 e. The predicted octanol–water partition coefficient (Wildman–Crippen LogP) is 1.37.